The second-order valence-corrected chi connectivity index (χ2v) is 4.29. The van der Waals surface area contributed by atoms with Crippen molar-refractivity contribution in [1.82, 2.24) is 5.32 Å². The van der Waals surface area contributed by atoms with Gasteiger partial charge in [-0.25, -0.2) is 4.99 Å². The van der Waals surface area contributed by atoms with Crippen LogP contribution in [0.5, 0.6) is 0 Å². The molecule has 3 nitrogen and oxygen atoms in total. The van der Waals surface area contributed by atoms with Gasteiger partial charge in [0.05, 0.1) is 0 Å². The molecule has 0 saturated carbocycles. The van der Waals surface area contributed by atoms with E-state index in [2.05, 4.69) is 32.9 Å². The van der Waals surface area contributed by atoms with E-state index in [9.17, 15) is 0 Å². The molecule has 0 radical (unpaired) electrons. The molecular formula is C5H8IN3. The summed E-state index contributed by atoms with van der Waals surface area (Å²) in [5.74, 6) is 0.532. The van der Waals surface area contributed by atoms with Crippen LogP contribution in [0.1, 0.15) is 6.92 Å². The van der Waals surface area contributed by atoms with Crippen molar-refractivity contribution in [2.45, 2.75) is 10.5 Å². The molecule has 0 aromatic carbocycles. The summed E-state index contributed by atoms with van der Waals surface area (Å²) in [7, 11) is 0. The average molecular weight is 237 g/mol. The van der Waals surface area contributed by atoms with Gasteiger partial charge in [0.25, 0.3) is 0 Å². The van der Waals surface area contributed by atoms with Crippen molar-refractivity contribution in [1.29, 1.82) is 0 Å². The third kappa shape index (κ3) is 1.85. The van der Waals surface area contributed by atoms with Crippen molar-refractivity contribution in [3.05, 3.63) is 12.0 Å². The van der Waals surface area contributed by atoms with Crippen LogP contribution in [0.15, 0.2) is 17.0 Å². The molecule has 50 valence electrons. The summed E-state index contributed by atoms with van der Waals surface area (Å²) < 4.78 is -0.0688. The van der Waals surface area contributed by atoms with Crippen LogP contribution in [-0.2, 0) is 0 Å². The van der Waals surface area contributed by atoms with E-state index in [-0.39, 0.29) is 3.55 Å². The number of alkyl halides is 1. The van der Waals surface area contributed by atoms with E-state index in [4.69, 9.17) is 5.73 Å². The molecule has 1 rings (SSSR count). The number of aliphatic imine (C=N–C) groups is 1. The van der Waals surface area contributed by atoms with E-state index in [0.717, 1.165) is 0 Å². The number of halogens is 1. The Morgan fingerprint density at radius 1 is 1.89 bits per heavy atom. The quantitative estimate of drug-likeness (QED) is 0.367. The first kappa shape index (κ1) is 6.85. The highest BCUT2D eigenvalue weighted by Crippen LogP contribution is 2.13. The molecule has 0 aromatic heterocycles. The van der Waals surface area contributed by atoms with Gasteiger partial charge in [0, 0.05) is 12.4 Å². The van der Waals surface area contributed by atoms with Gasteiger partial charge in [-0.15, -0.1) is 0 Å². The lowest BCUT2D eigenvalue weighted by Gasteiger charge is -2.20. The summed E-state index contributed by atoms with van der Waals surface area (Å²) in [6.07, 6.45) is 3.48. The standard InChI is InChI=1S/C5H8IN3/c1-5(6)3-8-4(7)2-9-5/h2-3,9H,7H2,1H3. The van der Waals surface area contributed by atoms with Gasteiger partial charge < -0.3 is 11.1 Å². The average Bonchev–Trinajstić information content (AvgIpc) is 1.78. The molecule has 4 heteroatoms. The molecule has 0 amide bonds. The van der Waals surface area contributed by atoms with Gasteiger partial charge in [-0.3, -0.25) is 0 Å². The van der Waals surface area contributed by atoms with Crippen LogP contribution in [0.4, 0.5) is 0 Å². The lowest BCUT2D eigenvalue weighted by Crippen LogP contribution is -2.36. The molecule has 0 saturated heterocycles. The molecule has 1 unspecified atom stereocenters. The smallest absolute Gasteiger partial charge is 0.138 e. The number of hydrogen-bond donors (Lipinski definition) is 2. The van der Waals surface area contributed by atoms with Crippen LogP contribution >= 0.6 is 22.6 Å². The summed E-state index contributed by atoms with van der Waals surface area (Å²) >= 11 is 2.24. The van der Waals surface area contributed by atoms with Crippen LogP contribution in [0, 0.1) is 0 Å². The minimum Gasteiger partial charge on any atom is -0.383 e. The Hall–Kier alpha value is -0.260. The topological polar surface area (TPSA) is 50.4 Å². The van der Waals surface area contributed by atoms with Crippen molar-refractivity contribution in [3.63, 3.8) is 0 Å². The van der Waals surface area contributed by atoms with Crippen molar-refractivity contribution < 1.29 is 0 Å². The highest BCUT2D eigenvalue weighted by atomic mass is 127. The van der Waals surface area contributed by atoms with Crippen molar-refractivity contribution >= 4 is 28.8 Å². The Kier molecular flexibility index (Phi) is 1.65. The molecule has 1 heterocycles. The second-order valence-electron chi connectivity index (χ2n) is 2.05. The van der Waals surface area contributed by atoms with Crippen molar-refractivity contribution in [3.8, 4) is 0 Å². The summed E-state index contributed by atoms with van der Waals surface area (Å²) in [6, 6.07) is 0. The predicted molar refractivity (Wildman–Crippen MR) is 46.3 cm³/mol. The zero-order valence-corrected chi connectivity index (χ0v) is 7.21. The molecule has 3 N–H and O–H groups in total. The second kappa shape index (κ2) is 2.17. The lowest BCUT2D eigenvalue weighted by molar-refractivity contribution is 0.765. The molecule has 0 fully saturated rings. The first-order chi connectivity index (χ1) is 4.10. The number of nitrogens with two attached hydrogens (primary N) is 1. The van der Waals surface area contributed by atoms with E-state index in [1.165, 1.54) is 0 Å². The van der Waals surface area contributed by atoms with E-state index >= 15 is 0 Å². The first-order valence-corrected chi connectivity index (χ1v) is 3.65. The van der Waals surface area contributed by atoms with E-state index in [1.807, 2.05) is 6.92 Å². The third-order valence-electron chi connectivity index (χ3n) is 0.958. The third-order valence-corrected chi connectivity index (χ3v) is 1.55. The van der Waals surface area contributed by atoms with Crippen LogP contribution < -0.4 is 11.1 Å². The van der Waals surface area contributed by atoms with E-state index < -0.39 is 0 Å². The zero-order chi connectivity index (χ0) is 6.91. The van der Waals surface area contributed by atoms with Gasteiger partial charge in [-0.05, 0) is 29.5 Å². The molecule has 0 aliphatic carbocycles. The maximum atomic E-state index is 5.35. The summed E-state index contributed by atoms with van der Waals surface area (Å²) in [5.41, 5.74) is 5.35. The van der Waals surface area contributed by atoms with Crippen LogP contribution in [0.25, 0.3) is 0 Å². The maximum Gasteiger partial charge on any atom is 0.138 e. The zero-order valence-electron chi connectivity index (χ0n) is 5.06. The molecule has 0 bridgehead atoms. The van der Waals surface area contributed by atoms with Gasteiger partial charge in [-0.1, -0.05) is 0 Å². The molecule has 9 heavy (non-hydrogen) atoms. The number of nitrogens with one attached hydrogen (secondary N) is 1. The normalized spacial score (nSPS) is 33.3. The summed E-state index contributed by atoms with van der Waals surface area (Å²) in [5, 5.41) is 3.06. The fraction of sp³-hybridized carbons (Fsp3) is 0.400. The molecule has 0 spiro atoms. The predicted octanol–water partition coefficient (Wildman–Crippen LogP) is 0.569. The highest BCUT2D eigenvalue weighted by Gasteiger charge is 2.16. The molecule has 1 aliphatic heterocycles. The number of rotatable bonds is 0. The number of hydrogen-bond acceptors (Lipinski definition) is 3. The first-order valence-electron chi connectivity index (χ1n) is 2.58. The minimum atomic E-state index is -0.0688. The maximum absolute atomic E-state index is 5.35. The van der Waals surface area contributed by atoms with Gasteiger partial charge in [0.2, 0.25) is 0 Å². The van der Waals surface area contributed by atoms with Crippen molar-refractivity contribution in [2.24, 2.45) is 10.7 Å². The Balaban J connectivity index is 2.70. The van der Waals surface area contributed by atoms with E-state index in [0.29, 0.717) is 5.82 Å². The Morgan fingerprint density at radius 3 is 2.89 bits per heavy atom. The fourth-order valence-corrected chi connectivity index (χ4v) is 0.780. The summed E-state index contributed by atoms with van der Waals surface area (Å²) in [6.45, 7) is 2.01. The Morgan fingerprint density at radius 2 is 2.56 bits per heavy atom. The monoisotopic (exact) mass is 237 g/mol. The molecular weight excluding hydrogens is 229 g/mol. The van der Waals surface area contributed by atoms with Gasteiger partial charge >= 0.3 is 0 Å². The van der Waals surface area contributed by atoms with Crippen LogP contribution in [-0.4, -0.2) is 9.76 Å². The van der Waals surface area contributed by atoms with E-state index in [1.54, 1.807) is 12.4 Å². The minimum absolute atomic E-state index is 0.0688. The Bertz CT molecular complexity index is 171. The SMILES string of the molecule is CC1(I)C=NC(N)=CN1. The molecule has 0 aromatic rings. The van der Waals surface area contributed by atoms with Crippen LogP contribution in [0.2, 0.25) is 0 Å². The van der Waals surface area contributed by atoms with Gasteiger partial charge in [0.15, 0.2) is 0 Å². The highest BCUT2D eigenvalue weighted by molar-refractivity contribution is 14.1. The Labute approximate surface area is 67.6 Å². The molecule has 1 aliphatic rings. The lowest BCUT2D eigenvalue weighted by atomic mass is 10.3. The van der Waals surface area contributed by atoms with Crippen molar-refractivity contribution in [2.75, 3.05) is 0 Å². The summed E-state index contributed by atoms with van der Waals surface area (Å²) in [4.78, 5) is 3.93. The fourth-order valence-electron chi connectivity index (χ4n) is 0.485. The van der Waals surface area contributed by atoms with Gasteiger partial charge in [0.1, 0.15) is 9.37 Å². The largest absolute Gasteiger partial charge is 0.383 e. The molecule has 1 atom stereocenters. The number of nitrogens with zero attached hydrogens (tertiary/aromatic N) is 1. The van der Waals surface area contributed by atoms with Crippen LogP contribution in [0.3, 0.4) is 0 Å². The van der Waals surface area contributed by atoms with Gasteiger partial charge in [-0.2, -0.15) is 0 Å².